The molecule has 0 bridgehead atoms. The van der Waals surface area contributed by atoms with Crippen LogP contribution in [0.15, 0.2) is 48.9 Å². The van der Waals surface area contributed by atoms with E-state index >= 15 is 0 Å². The number of hydrogen-bond donors (Lipinski definition) is 0. The molecule has 2 heterocycles. The maximum Gasteiger partial charge on any atom is 0.116 e. The minimum Gasteiger partial charge on any atom is -0.256 e. The van der Waals surface area contributed by atoms with Gasteiger partial charge in [0.25, 0.3) is 0 Å². The third-order valence-electron chi connectivity index (χ3n) is 3.17. The Hall–Kier alpha value is -2.29. The first-order valence-electron chi connectivity index (χ1n) is 6.42. The van der Waals surface area contributed by atoms with Gasteiger partial charge in [-0.1, -0.05) is 32.0 Å². The molecule has 0 atom stereocenters. The lowest BCUT2D eigenvalue weighted by molar-refractivity contribution is 0.828. The van der Waals surface area contributed by atoms with Gasteiger partial charge in [-0.3, -0.25) is 4.98 Å². The molecular formula is C16H15N3. The summed E-state index contributed by atoms with van der Waals surface area (Å²) in [6.07, 6.45) is 3.44. The van der Waals surface area contributed by atoms with Crippen molar-refractivity contribution in [3.63, 3.8) is 0 Å². The number of benzene rings is 1. The predicted octanol–water partition coefficient (Wildman–Crippen LogP) is 3.82. The zero-order valence-electron chi connectivity index (χ0n) is 11.0. The Morgan fingerprint density at radius 2 is 1.84 bits per heavy atom. The van der Waals surface area contributed by atoms with Crippen molar-refractivity contribution < 1.29 is 0 Å². The van der Waals surface area contributed by atoms with Crippen molar-refractivity contribution in [3.8, 4) is 11.3 Å². The summed E-state index contributed by atoms with van der Waals surface area (Å²) in [6, 6.07) is 12.2. The van der Waals surface area contributed by atoms with Gasteiger partial charge in [-0.25, -0.2) is 9.97 Å². The Labute approximate surface area is 112 Å². The van der Waals surface area contributed by atoms with E-state index in [1.807, 2.05) is 18.2 Å². The van der Waals surface area contributed by atoms with Gasteiger partial charge in [0.1, 0.15) is 6.33 Å². The minimum atomic E-state index is 0.395. The molecule has 2 aromatic heterocycles. The molecule has 0 saturated carbocycles. The first kappa shape index (κ1) is 11.8. The van der Waals surface area contributed by atoms with Crippen LogP contribution in [0.25, 0.3) is 22.2 Å². The van der Waals surface area contributed by atoms with Crippen LogP contribution in [0.1, 0.15) is 25.5 Å². The van der Waals surface area contributed by atoms with Crippen LogP contribution in [0.5, 0.6) is 0 Å². The maximum atomic E-state index is 4.38. The highest BCUT2D eigenvalue weighted by atomic mass is 14.8. The third-order valence-corrected chi connectivity index (χ3v) is 3.17. The molecule has 94 valence electrons. The second kappa shape index (κ2) is 4.76. The molecule has 0 aliphatic rings. The average Bonchev–Trinajstić information content (AvgIpc) is 2.47. The quantitative estimate of drug-likeness (QED) is 0.693. The van der Waals surface area contributed by atoms with Gasteiger partial charge in [0.15, 0.2) is 0 Å². The van der Waals surface area contributed by atoms with E-state index in [9.17, 15) is 0 Å². The predicted molar refractivity (Wildman–Crippen MR) is 76.9 cm³/mol. The molecule has 3 nitrogen and oxygen atoms in total. The van der Waals surface area contributed by atoms with E-state index in [1.165, 1.54) is 0 Å². The van der Waals surface area contributed by atoms with Crippen molar-refractivity contribution in [2.75, 3.05) is 0 Å². The summed E-state index contributed by atoms with van der Waals surface area (Å²) in [5.74, 6) is 0.395. The number of nitrogens with zero attached hydrogens (tertiary/aromatic N) is 3. The van der Waals surface area contributed by atoms with Gasteiger partial charge in [0.2, 0.25) is 0 Å². The molecule has 0 radical (unpaired) electrons. The van der Waals surface area contributed by atoms with Crippen LogP contribution >= 0.6 is 0 Å². The highest BCUT2D eigenvalue weighted by Crippen LogP contribution is 2.25. The SMILES string of the molecule is CC(C)c1ncnc2cc(-c3ccccn3)ccc12. The van der Waals surface area contributed by atoms with Crippen LogP contribution in [-0.2, 0) is 0 Å². The summed E-state index contributed by atoms with van der Waals surface area (Å²) in [4.78, 5) is 13.1. The molecule has 0 amide bonds. The van der Waals surface area contributed by atoms with E-state index in [2.05, 4.69) is 47.0 Å². The Balaban J connectivity index is 2.18. The van der Waals surface area contributed by atoms with E-state index < -0.39 is 0 Å². The molecule has 3 aromatic rings. The van der Waals surface area contributed by atoms with Crippen molar-refractivity contribution in [3.05, 3.63) is 54.6 Å². The lowest BCUT2D eigenvalue weighted by Gasteiger charge is -2.09. The number of rotatable bonds is 2. The van der Waals surface area contributed by atoms with Gasteiger partial charge in [0, 0.05) is 17.1 Å². The molecule has 0 N–H and O–H groups in total. The third kappa shape index (κ3) is 2.19. The van der Waals surface area contributed by atoms with Crippen LogP contribution in [0.2, 0.25) is 0 Å². The standard InChI is InChI=1S/C16H15N3/c1-11(2)16-13-7-6-12(9-15(13)18-10-19-16)14-5-3-4-8-17-14/h3-11H,1-2H3. The fraction of sp³-hybridized carbons (Fsp3) is 0.188. The summed E-state index contributed by atoms with van der Waals surface area (Å²) >= 11 is 0. The molecule has 3 heteroatoms. The molecule has 19 heavy (non-hydrogen) atoms. The second-order valence-corrected chi connectivity index (χ2v) is 4.86. The molecule has 0 spiro atoms. The van der Waals surface area contributed by atoms with Crippen molar-refractivity contribution in [1.29, 1.82) is 0 Å². The average molecular weight is 249 g/mol. The first-order valence-corrected chi connectivity index (χ1v) is 6.42. The molecule has 0 aliphatic carbocycles. The molecule has 0 unspecified atom stereocenters. The van der Waals surface area contributed by atoms with Crippen molar-refractivity contribution in [2.24, 2.45) is 0 Å². The Bertz CT molecular complexity index is 706. The van der Waals surface area contributed by atoms with Crippen molar-refractivity contribution in [1.82, 2.24) is 15.0 Å². The monoisotopic (exact) mass is 249 g/mol. The topological polar surface area (TPSA) is 38.7 Å². The molecule has 3 rings (SSSR count). The molecule has 1 aromatic carbocycles. The van der Waals surface area contributed by atoms with Crippen molar-refractivity contribution in [2.45, 2.75) is 19.8 Å². The number of pyridine rings is 1. The normalized spacial score (nSPS) is 11.1. The summed E-state index contributed by atoms with van der Waals surface area (Å²) in [7, 11) is 0. The van der Waals surface area contributed by atoms with E-state index in [0.29, 0.717) is 5.92 Å². The van der Waals surface area contributed by atoms with Crippen LogP contribution in [0.4, 0.5) is 0 Å². The highest BCUT2D eigenvalue weighted by Gasteiger charge is 2.08. The molecule has 0 aliphatic heterocycles. The van der Waals surface area contributed by atoms with Crippen molar-refractivity contribution >= 4 is 10.9 Å². The summed E-state index contributed by atoms with van der Waals surface area (Å²) in [6.45, 7) is 4.29. The van der Waals surface area contributed by atoms with Gasteiger partial charge in [-0.05, 0) is 24.1 Å². The minimum absolute atomic E-state index is 0.395. The van der Waals surface area contributed by atoms with Gasteiger partial charge < -0.3 is 0 Å². The fourth-order valence-corrected chi connectivity index (χ4v) is 2.23. The van der Waals surface area contributed by atoms with Gasteiger partial charge in [-0.2, -0.15) is 0 Å². The number of aromatic nitrogens is 3. The lowest BCUT2D eigenvalue weighted by atomic mass is 10.0. The second-order valence-electron chi connectivity index (χ2n) is 4.86. The smallest absolute Gasteiger partial charge is 0.116 e. The van der Waals surface area contributed by atoms with Crippen LogP contribution in [0, 0.1) is 0 Å². The van der Waals surface area contributed by atoms with E-state index in [1.54, 1.807) is 12.5 Å². The van der Waals surface area contributed by atoms with E-state index in [4.69, 9.17) is 0 Å². The molecular weight excluding hydrogens is 234 g/mol. The van der Waals surface area contributed by atoms with Gasteiger partial charge >= 0.3 is 0 Å². The fourth-order valence-electron chi connectivity index (χ4n) is 2.23. The number of fused-ring (bicyclic) bond motifs is 1. The maximum absolute atomic E-state index is 4.38. The summed E-state index contributed by atoms with van der Waals surface area (Å²) in [5.41, 5.74) is 4.12. The molecule has 0 fully saturated rings. The number of hydrogen-bond acceptors (Lipinski definition) is 3. The first-order chi connectivity index (χ1) is 9.25. The summed E-state index contributed by atoms with van der Waals surface area (Å²) < 4.78 is 0. The Morgan fingerprint density at radius 3 is 2.58 bits per heavy atom. The summed E-state index contributed by atoms with van der Waals surface area (Å²) in [5, 5.41) is 1.12. The Kier molecular flexibility index (Phi) is 2.95. The van der Waals surface area contributed by atoms with Crippen LogP contribution in [-0.4, -0.2) is 15.0 Å². The van der Waals surface area contributed by atoms with E-state index in [0.717, 1.165) is 27.9 Å². The van der Waals surface area contributed by atoms with Gasteiger partial charge in [0.05, 0.1) is 16.9 Å². The Morgan fingerprint density at radius 1 is 0.947 bits per heavy atom. The highest BCUT2D eigenvalue weighted by molar-refractivity contribution is 5.85. The van der Waals surface area contributed by atoms with E-state index in [-0.39, 0.29) is 0 Å². The van der Waals surface area contributed by atoms with Gasteiger partial charge in [-0.15, -0.1) is 0 Å². The van der Waals surface area contributed by atoms with Crippen LogP contribution < -0.4 is 0 Å². The zero-order chi connectivity index (χ0) is 13.2. The largest absolute Gasteiger partial charge is 0.256 e. The lowest BCUT2D eigenvalue weighted by Crippen LogP contribution is -1.96. The molecule has 0 saturated heterocycles. The van der Waals surface area contributed by atoms with Crippen LogP contribution in [0.3, 0.4) is 0 Å². The zero-order valence-corrected chi connectivity index (χ0v) is 11.0.